The SMILES string of the molecule is CC(C)(C)CC1CCC2(CCN(C(C)(C)C)C2)C1. The third-order valence-corrected chi connectivity index (χ3v) is 5.09. The highest BCUT2D eigenvalue weighted by Crippen LogP contribution is 2.51. The molecule has 1 nitrogen and oxygen atoms in total. The number of hydrogen-bond acceptors (Lipinski definition) is 1. The van der Waals surface area contributed by atoms with Crippen LogP contribution in [0.4, 0.5) is 0 Å². The third-order valence-electron chi connectivity index (χ3n) is 5.09. The van der Waals surface area contributed by atoms with Crippen LogP contribution in [0, 0.1) is 16.7 Å². The molecule has 2 atom stereocenters. The lowest BCUT2D eigenvalue weighted by Gasteiger charge is -2.34. The van der Waals surface area contributed by atoms with Crippen molar-refractivity contribution >= 4 is 0 Å². The molecule has 106 valence electrons. The lowest BCUT2D eigenvalue weighted by Crippen LogP contribution is -2.40. The van der Waals surface area contributed by atoms with E-state index in [1.165, 1.54) is 45.2 Å². The van der Waals surface area contributed by atoms with Crippen LogP contribution in [-0.2, 0) is 0 Å². The molecule has 18 heavy (non-hydrogen) atoms. The van der Waals surface area contributed by atoms with Crippen molar-refractivity contribution in [2.75, 3.05) is 13.1 Å². The molecule has 0 aromatic heterocycles. The lowest BCUT2D eigenvalue weighted by molar-refractivity contribution is 0.146. The molecular weight excluding hydrogens is 218 g/mol. The Kier molecular flexibility index (Phi) is 3.60. The second kappa shape index (κ2) is 4.51. The summed E-state index contributed by atoms with van der Waals surface area (Å²) in [5.74, 6) is 0.991. The van der Waals surface area contributed by atoms with Gasteiger partial charge in [-0.15, -0.1) is 0 Å². The minimum absolute atomic E-state index is 0.367. The molecule has 0 radical (unpaired) electrons. The molecule has 2 aliphatic rings. The summed E-state index contributed by atoms with van der Waals surface area (Å²) < 4.78 is 0. The number of nitrogens with zero attached hydrogens (tertiary/aromatic N) is 1. The topological polar surface area (TPSA) is 3.24 Å². The van der Waals surface area contributed by atoms with Gasteiger partial charge in [0.1, 0.15) is 0 Å². The second-order valence-electron chi connectivity index (χ2n) is 9.22. The van der Waals surface area contributed by atoms with E-state index < -0.39 is 0 Å². The van der Waals surface area contributed by atoms with Gasteiger partial charge < -0.3 is 0 Å². The third kappa shape index (κ3) is 3.29. The van der Waals surface area contributed by atoms with Crippen molar-refractivity contribution in [2.24, 2.45) is 16.7 Å². The highest BCUT2D eigenvalue weighted by Gasteiger charge is 2.46. The quantitative estimate of drug-likeness (QED) is 0.652. The molecule has 1 saturated carbocycles. The first kappa shape index (κ1) is 14.4. The molecule has 2 unspecified atom stereocenters. The van der Waals surface area contributed by atoms with Crippen molar-refractivity contribution in [3.05, 3.63) is 0 Å². The van der Waals surface area contributed by atoms with Crippen molar-refractivity contribution < 1.29 is 0 Å². The highest BCUT2D eigenvalue weighted by atomic mass is 15.2. The normalized spacial score (nSPS) is 34.7. The van der Waals surface area contributed by atoms with Gasteiger partial charge in [0, 0.05) is 12.1 Å². The Balaban J connectivity index is 1.93. The fourth-order valence-corrected chi connectivity index (χ4v) is 4.25. The van der Waals surface area contributed by atoms with E-state index in [1.54, 1.807) is 0 Å². The predicted octanol–water partition coefficient (Wildman–Crippen LogP) is 4.71. The second-order valence-corrected chi connectivity index (χ2v) is 9.22. The summed E-state index contributed by atoms with van der Waals surface area (Å²) in [7, 11) is 0. The van der Waals surface area contributed by atoms with E-state index in [1.807, 2.05) is 0 Å². The maximum absolute atomic E-state index is 2.71. The zero-order chi connectivity index (χ0) is 13.6. The Labute approximate surface area is 114 Å². The van der Waals surface area contributed by atoms with E-state index in [0.717, 1.165) is 5.92 Å². The Bertz CT molecular complexity index is 294. The molecule has 2 fully saturated rings. The van der Waals surface area contributed by atoms with Gasteiger partial charge >= 0.3 is 0 Å². The van der Waals surface area contributed by atoms with Gasteiger partial charge in [-0.05, 0) is 76.2 Å². The van der Waals surface area contributed by atoms with Crippen LogP contribution in [0.1, 0.15) is 73.6 Å². The summed E-state index contributed by atoms with van der Waals surface area (Å²) in [5.41, 5.74) is 1.56. The first-order valence-electron chi connectivity index (χ1n) is 7.85. The minimum Gasteiger partial charge on any atom is -0.298 e. The standard InChI is InChI=1S/C17H33N/c1-15(2,3)11-14-7-8-17(12-14)9-10-18(13-17)16(4,5)6/h14H,7-13H2,1-6H3. The average molecular weight is 251 g/mol. The molecule has 0 aromatic carbocycles. The predicted molar refractivity (Wildman–Crippen MR) is 79.8 cm³/mol. The van der Waals surface area contributed by atoms with Crippen LogP contribution in [0.2, 0.25) is 0 Å². The number of hydrogen-bond donors (Lipinski definition) is 0. The van der Waals surface area contributed by atoms with Crippen molar-refractivity contribution in [1.82, 2.24) is 4.90 Å². The summed E-state index contributed by atoms with van der Waals surface area (Å²) >= 11 is 0. The van der Waals surface area contributed by atoms with Crippen molar-refractivity contribution in [3.63, 3.8) is 0 Å². The lowest BCUT2D eigenvalue weighted by atomic mass is 9.80. The summed E-state index contributed by atoms with van der Waals surface area (Å²) in [6.07, 6.45) is 7.33. The van der Waals surface area contributed by atoms with Crippen LogP contribution in [0.15, 0.2) is 0 Å². The van der Waals surface area contributed by atoms with Crippen LogP contribution in [0.3, 0.4) is 0 Å². The maximum atomic E-state index is 2.71. The molecule has 1 heterocycles. The van der Waals surface area contributed by atoms with Crippen LogP contribution in [0.25, 0.3) is 0 Å². The van der Waals surface area contributed by atoms with Crippen molar-refractivity contribution in [3.8, 4) is 0 Å². The van der Waals surface area contributed by atoms with Crippen LogP contribution in [0.5, 0.6) is 0 Å². The fourth-order valence-electron chi connectivity index (χ4n) is 4.25. The summed E-state index contributed by atoms with van der Waals surface area (Å²) in [6, 6.07) is 0. The summed E-state index contributed by atoms with van der Waals surface area (Å²) in [5, 5.41) is 0. The van der Waals surface area contributed by atoms with E-state index >= 15 is 0 Å². The highest BCUT2D eigenvalue weighted by molar-refractivity contribution is 4.99. The first-order chi connectivity index (χ1) is 8.10. The van der Waals surface area contributed by atoms with E-state index in [2.05, 4.69) is 46.4 Å². The Hall–Kier alpha value is -0.0400. The molecule has 1 spiro atoms. The monoisotopic (exact) mass is 251 g/mol. The molecule has 1 heteroatoms. The van der Waals surface area contributed by atoms with E-state index in [-0.39, 0.29) is 0 Å². The van der Waals surface area contributed by atoms with Gasteiger partial charge in [0.15, 0.2) is 0 Å². The van der Waals surface area contributed by atoms with E-state index in [0.29, 0.717) is 16.4 Å². The van der Waals surface area contributed by atoms with E-state index in [9.17, 15) is 0 Å². The minimum atomic E-state index is 0.367. The molecule has 0 aromatic rings. The van der Waals surface area contributed by atoms with Gasteiger partial charge in [-0.1, -0.05) is 20.8 Å². The zero-order valence-electron chi connectivity index (χ0n) is 13.5. The summed E-state index contributed by atoms with van der Waals surface area (Å²) in [6.45, 7) is 17.0. The maximum Gasteiger partial charge on any atom is 0.0125 e. The molecule has 1 aliphatic heterocycles. The Morgan fingerprint density at radius 1 is 1.06 bits per heavy atom. The van der Waals surface area contributed by atoms with Crippen LogP contribution in [-0.4, -0.2) is 23.5 Å². The van der Waals surface area contributed by atoms with Gasteiger partial charge in [0.25, 0.3) is 0 Å². The van der Waals surface area contributed by atoms with Gasteiger partial charge in [0.05, 0.1) is 0 Å². The van der Waals surface area contributed by atoms with Crippen LogP contribution < -0.4 is 0 Å². The van der Waals surface area contributed by atoms with Gasteiger partial charge in [-0.3, -0.25) is 4.90 Å². The van der Waals surface area contributed by atoms with Crippen LogP contribution >= 0.6 is 0 Å². The number of rotatable bonds is 1. The molecular formula is C17H33N. The van der Waals surface area contributed by atoms with Crippen molar-refractivity contribution in [1.29, 1.82) is 0 Å². The average Bonchev–Trinajstić information content (AvgIpc) is 2.71. The molecule has 0 N–H and O–H groups in total. The van der Waals surface area contributed by atoms with Crippen molar-refractivity contribution in [2.45, 2.75) is 79.2 Å². The molecule has 2 rings (SSSR count). The fraction of sp³-hybridized carbons (Fsp3) is 1.00. The Morgan fingerprint density at radius 2 is 1.72 bits per heavy atom. The molecule has 1 aliphatic carbocycles. The molecule has 0 bridgehead atoms. The van der Waals surface area contributed by atoms with Gasteiger partial charge in [0.2, 0.25) is 0 Å². The largest absolute Gasteiger partial charge is 0.298 e. The first-order valence-corrected chi connectivity index (χ1v) is 7.85. The van der Waals surface area contributed by atoms with E-state index in [4.69, 9.17) is 0 Å². The number of likely N-dealkylation sites (tertiary alicyclic amines) is 1. The van der Waals surface area contributed by atoms with Gasteiger partial charge in [-0.25, -0.2) is 0 Å². The Morgan fingerprint density at radius 3 is 2.22 bits per heavy atom. The smallest absolute Gasteiger partial charge is 0.0125 e. The zero-order valence-corrected chi connectivity index (χ0v) is 13.5. The summed E-state index contributed by atoms with van der Waals surface area (Å²) in [4.78, 5) is 2.71. The van der Waals surface area contributed by atoms with Gasteiger partial charge in [-0.2, -0.15) is 0 Å². The molecule has 1 saturated heterocycles. The molecule has 0 amide bonds.